The molecule has 2 heterocycles. The van der Waals surface area contributed by atoms with Crippen molar-refractivity contribution < 1.29 is 28.8 Å². The van der Waals surface area contributed by atoms with E-state index in [1.807, 2.05) is 22.6 Å². The van der Waals surface area contributed by atoms with E-state index in [1.165, 1.54) is 18.2 Å². The molecule has 0 bridgehead atoms. The van der Waals surface area contributed by atoms with Gasteiger partial charge in [0.2, 0.25) is 0 Å². The molecular formula is C25H26N5O6P. The van der Waals surface area contributed by atoms with Gasteiger partial charge >= 0.3 is 7.82 Å². The Bertz CT molecular complexity index is 1590. The van der Waals surface area contributed by atoms with Crippen LogP contribution in [0.3, 0.4) is 0 Å². The standard InChI is InChI=1S/C25H26N5O6P/c1-3-5-6-21-29-23-24(30(21)14-16-12-17(8-10-20(16)31)36-37(33,34)35)18-11-15(13-27-22(32)4-2)7-9-19(18)28-25(23)26/h2,7-12,31H,3,5-6,13-14H2,1H3,(H2,26,28)(H,27,32)(H2,33,34,35). The zero-order valence-corrected chi connectivity index (χ0v) is 20.9. The Morgan fingerprint density at radius 3 is 2.73 bits per heavy atom. The first-order valence-electron chi connectivity index (χ1n) is 11.5. The molecular weight excluding hydrogens is 497 g/mol. The second-order valence-electron chi connectivity index (χ2n) is 8.46. The number of hydrogen-bond donors (Lipinski definition) is 5. The van der Waals surface area contributed by atoms with Crippen molar-refractivity contribution in [3.05, 3.63) is 53.3 Å². The van der Waals surface area contributed by atoms with Gasteiger partial charge in [-0.05, 0) is 48.2 Å². The van der Waals surface area contributed by atoms with Crippen LogP contribution in [-0.4, -0.2) is 35.3 Å². The number of carbonyl (C=O) groups excluding carboxylic acids is 1. The summed E-state index contributed by atoms with van der Waals surface area (Å²) in [6.07, 6.45) is 7.55. The second-order valence-corrected chi connectivity index (χ2v) is 9.63. The molecule has 6 N–H and O–H groups in total. The van der Waals surface area contributed by atoms with Crippen molar-refractivity contribution in [2.45, 2.75) is 39.3 Å². The fourth-order valence-corrected chi connectivity index (χ4v) is 4.48. The number of benzene rings is 2. The number of unbranched alkanes of at least 4 members (excludes halogenated alkanes) is 1. The highest BCUT2D eigenvalue weighted by Gasteiger charge is 2.21. The zero-order valence-electron chi connectivity index (χ0n) is 20.0. The number of carbonyl (C=O) groups is 1. The lowest BCUT2D eigenvalue weighted by atomic mass is 10.1. The Kier molecular flexibility index (Phi) is 7.36. The van der Waals surface area contributed by atoms with Gasteiger partial charge in [0.05, 0.1) is 17.6 Å². The van der Waals surface area contributed by atoms with Crippen molar-refractivity contribution in [2.75, 3.05) is 5.73 Å². The monoisotopic (exact) mass is 523 g/mol. The van der Waals surface area contributed by atoms with Crippen LogP contribution in [0.2, 0.25) is 0 Å². The van der Waals surface area contributed by atoms with E-state index in [0.29, 0.717) is 34.4 Å². The summed E-state index contributed by atoms with van der Waals surface area (Å²) in [4.78, 5) is 39.2. The van der Waals surface area contributed by atoms with Gasteiger partial charge in [-0.15, -0.1) is 6.42 Å². The number of fused-ring (bicyclic) bond motifs is 3. The normalized spacial score (nSPS) is 11.5. The van der Waals surface area contributed by atoms with Gasteiger partial charge in [-0.1, -0.05) is 19.4 Å². The van der Waals surface area contributed by atoms with E-state index in [9.17, 15) is 24.3 Å². The topological polar surface area (TPSA) is 173 Å². The molecule has 37 heavy (non-hydrogen) atoms. The minimum atomic E-state index is -4.79. The number of phenolic OH excluding ortho intramolecular Hbond substituents is 1. The summed E-state index contributed by atoms with van der Waals surface area (Å²) in [5.74, 6) is 2.28. The third kappa shape index (κ3) is 5.84. The summed E-state index contributed by atoms with van der Waals surface area (Å²) in [6.45, 7) is 2.39. The summed E-state index contributed by atoms with van der Waals surface area (Å²) < 4.78 is 17.9. The predicted octanol–water partition coefficient (Wildman–Crippen LogP) is 2.98. The van der Waals surface area contributed by atoms with Crippen LogP contribution in [0.25, 0.3) is 21.9 Å². The second kappa shape index (κ2) is 10.5. The number of nitrogens with zero attached hydrogens (tertiary/aromatic N) is 3. The van der Waals surface area contributed by atoms with Crippen LogP contribution in [0, 0.1) is 12.3 Å². The number of anilines is 1. The number of aromatic hydroxyl groups is 1. The molecule has 0 spiro atoms. The molecule has 4 rings (SSSR count). The largest absolute Gasteiger partial charge is 0.524 e. The summed E-state index contributed by atoms with van der Waals surface area (Å²) in [7, 11) is -4.79. The molecule has 2 aromatic carbocycles. The van der Waals surface area contributed by atoms with Gasteiger partial charge in [0.1, 0.15) is 22.8 Å². The first-order chi connectivity index (χ1) is 17.6. The molecule has 0 aliphatic carbocycles. The number of phenols is 1. The Morgan fingerprint density at radius 1 is 1.24 bits per heavy atom. The maximum absolute atomic E-state index is 11.5. The van der Waals surface area contributed by atoms with Crippen LogP contribution in [-0.2, 0) is 28.9 Å². The molecule has 192 valence electrons. The van der Waals surface area contributed by atoms with Gasteiger partial charge in [-0.25, -0.2) is 14.5 Å². The van der Waals surface area contributed by atoms with Crippen molar-refractivity contribution >= 4 is 41.5 Å². The van der Waals surface area contributed by atoms with Gasteiger partial charge < -0.3 is 25.2 Å². The van der Waals surface area contributed by atoms with Crippen molar-refractivity contribution in [1.82, 2.24) is 19.9 Å². The van der Waals surface area contributed by atoms with E-state index in [2.05, 4.69) is 17.2 Å². The van der Waals surface area contributed by atoms with Gasteiger partial charge in [-0.2, -0.15) is 0 Å². The SMILES string of the molecule is C#CC(=O)NCc1ccc2nc(N)c3nc(CCCC)n(Cc4cc(OP(=O)(O)O)ccc4O)c3c2c1. The van der Waals surface area contributed by atoms with Crippen molar-refractivity contribution in [2.24, 2.45) is 0 Å². The Balaban J connectivity index is 1.89. The first-order valence-corrected chi connectivity index (χ1v) is 13.0. The number of terminal acetylenes is 1. The zero-order chi connectivity index (χ0) is 26.7. The molecule has 0 aliphatic heterocycles. The van der Waals surface area contributed by atoms with Crippen LogP contribution in [0.5, 0.6) is 11.5 Å². The molecule has 4 aromatic rings. The third-order valence-electron chi connectivity index (χ3n) is 5.79. The van der Waals surface area contributed by atoms with E-state index in [1.54, 1.807) is 6.07 Å². The number of nitrogen functional groups attached to an aromatic ring is 1. The number of aryl methyl sites for hydroxylation is 1. The summed E-state index contributed by atoms with van der Waals surface area (Å²) >= 11 is 0. The Morgan fingerprint density at radius 2 is 2.03 bits per heavy atom. The number of nitrogens with two attached hydrogens (primary N) is 1. The molecule has 2 aromatic heterocycles. The highest BCUT2D eigenvalue weighted by Crippen LogP contribution is 2.39. The van der Waals surface area contributed by atoms with E-state index in [4.69, 9.17) is 21.7 Å². The number of nitrogens with one attached hydrogen (secondary N) is 1. The maximum atomic E-state index is 11.5. The highest BCUT2D eigenvalue weighted by atomic mass is 31.2. The average Bonchev–Trinajstić information content (AvgIpc) is 3.21. The predicted molar refractivity (Wildman–Crippen MR) is 139 cm³/mol. The molecule has 0 atom stereocenters. The van der Waals surface area contributed by atoms with Crippen LogP contribution in [0.4, 0.5) is 5.82 Å². The number of phosphoric ester groups is 1. The van der Waals surface area contributed by atoms with Crippen molar-refractivity contribution in [3.8, 4) is 23.8 Å². The van der Waals surface area contributed by atoms with E-state index < -0.39 is 13.7 Å². The maximum Gasteiger partial charge on any atom is 0.524 e. The van der Waals surface area contributed by atoms with Crippen LogP contribution < -0.4 is 15.6 Å². The number of hydrogen-bond acceptors (Lipinski definition) is 7. The molecule has 12 heteroatoms. The van der Waals surface area contributed by atoms with Crippen molar-refractivity contribution in [1.29, 1.82) is 0 Å². The molecule has 0 radical (unpaired) electrons. The molecule has 0 aliphatic rings. The summed E-state index contributed by atoms with van der Waals surface area (Å²) in [6, 6.07) is 9.43. The minimum absolute atomic E-state index is 0.0784. The van der Waals surface area contributed by atoms with Gasteiger partial charge in [-0.3, -0.25) is 14.6 Å². The molecule has 0 saturated carbocycles. The average molecular weight is 523 g/mol. The Labute approximate surface area is 212 Å². The first kappa shape index (κ1) is 26.0. The van der Waals surface area contributed by atoms with E-state index in [-0.39, 0.29) is 30.4 Å². The fourth-order valence-electron chi connectivity index (χ4n) is 4.10. The molecule has 0 fully saturated rings. The van der Waals surface area contributed by atoms with Crippen molar-refractivity contribution in [3.63, 3.8) is 0 Å². The number of imidazole rings is 1. The summed E-state index contributed by atoms with van der Waals surface area (Å²) in [5, 5.41) is 13.9. The van der Waals surface area contributed by atoms with Crippen LogP contribution in [0.15, 0.2) is 36.4 Å². The van der Waals surface area contributed by atoms with Gasteiger partial charge in [0.15, 0.2) is 5.82 Å². The third-order valence-corrected chi connectivity index (χ3v) is 6.24. The number of phosphoric acid groups is 1. The number of rotatable bonds is 9. The van der Waals surface area contributed by atoms with Crippen LogP contribution in [0.1, 0.15) is 36.7 Å². The molecule has 0 saturated heterocycles. The minimum Gasteiger partial charge on any atom is -0.508 e. The Hall–Kier alpha value is -4.10. The molecule has 11 nitrogen and oxygen atoms in total. The summed E-state index contributed by atoms with van der Waals surface area (Å²) in [5.41, 5.74) is 9.22. The fraction of sp³-hybridized carbons (Fsp3) is 0.240. The lowest BCUT2D eigenvalue weighted by molar-refractivity contribution is -0.115. The lowest BCUT2D eigenvalue weighted by Crippen LogP contribution is -2.20. The molecule has 1 amide bonds. The smallest absolute Gasteiger partial charge is 0.508 e. The van der Waals surface area contributed by atoms with Gasteiger partial charge in [0, 0.05) is 23.9 Å². The van der Waals surface area contributed by atoms with E-state index >= 15 is 0 Å². The quantitative estimate of drug-likeness (QED) is 0.163. The number of pyridine rings is 1. The number of amides is 1. The van der Waals surface area contributed by atoms with E-state index in [0.717, 1.165) is 23.8 Å². The lowest BCUT2D eigenvalue weighted by Gasteiger charge is -2.14. The van der Waals surface area contributed by atoms with Gasteiger partial charge in [0.25, 0.3) is 5.91 Å². The molecule has 0 unspecified atom stereocenters. The van der Waals surface area contributed by atoms with Crippen LogP contribution >= 0.6 is 7.82 Å². The number of aromatic nitrogens is 3. The highest BCUT2D eigenvalue weighted by molar-refractivity contribution is 7.46.